The molecule has 0 saturated heterocycles. The number of methoxy groups -OCH3 is 1. The molecule has 25 heavy (non-hydrogen) atoms. The van der Waals surface area contributed by atoms with Crippen LogP contribution in [0, 0.1) is 0 Å². The molecule has 1 amide bonds. The third kappa shape index (κ3) is 4.27. The fraction of sp³-hybridized carbons (Fsp3) is 0.278. The van der Waals surface area contributed by atoms with Crippen molar-refractivity contribution in [2.75, 3.05) is 27.4 Å². The Balaban J connectivity index is 1.71. The van der Waals surface area contributed by atoms with Crippen LogP contribution in [-0.2, 0) is 11.3 Å². The average Bonchev–Trinajstić information content (AvgIpc) is 3.03. The van der Waals surface area contributed by atoms with Crippen LogP contribution < -0.4 is 14.2 Å². The summed E-state index contributed by atoms with van der Waals surface area (Å²) >= 11 is 7.39. The lowest BCUT2D eigenvalue weighted by atomic mass is 10.1. The van der Waals surface area contributed by atoms with E-state index in [1.165, 1.54) is 17.4 Å². The van der Waals surface area contributed by atoms with Crippen molar-refractivity contribution < 1.29 is 19.0 Å². The van der Waals surface area contributed by atoms with Gasteiger partial charge in [0.25, 0.3) is 0 Å². The molecule has 3 rings (SSSR count). The van der Waals surface area contributed by atoms with E-state index in [1.807, 2.05) is 24.3 Å². The molecule has 1 aliphatic heterocycles. The Hall–Kier alpha value is -2.18. The van der Waals surface area contributed by atoms with Gasteiger partial charge >= 0.3 is 0 Å². The minimum absolute atomic E-state index is 0.0987. The highest BCUT2D eigenvalue weighted by molar-refractivity contribution is 7.16. The number of hydrogen-bond donors (Lipinski definition) is 0. The molecule has 0 fully saturated rings. The summed E-state index contributed by atoms with van der Waals surface area (Å²) in [4.78, 5) is 15.0. The van der Waals surface area contributed by atoms with Crippen LogP contribution in [0.1, 0.15) is 10.4 Å². The van der Waals surface area contributed by atoms with Crippen LogP contribution in [0.2, 0.25) is 4.34 Å². The Bertz CT molecular complexity index is 785. The van der Waals surface area contributed by atoms with E-state index < -0.39 is 0 Å². The van der Waals surface area contributed by atoms with Crippen molar-refractivity contribution in [2.24, 2.45) is 0 Å². The summed E-state index contributed by atoms with van der Waals surface area (Å²) in [5.41, 5.74) is 0.807. The molecule has 0 radical (unpaired) electrons. The van der Waals surface area contributed by atoms with Gasteiger partial charge < -0.3 is 19.1 Å². The third-order valence-corrected chi connectivity index (χ3v) is 4.88. The van der Waals surface area contributed by atoms with E-state index in [1.54, 1.807) is 25.1 Å². The number of rotatable bonds is 5. The molecule has 0 saturated carbocycles. The second-order valence-electron chi connectivity index (χ2n) is 5.48. The zero-order valence-corrected chi connectivity index (χ0v) is 15.5. The third-order valence-electron chi connectivity index (χ3n) is 3.67. The van der Waals surface area contributed by atoms with Crippen LogP contribution in [0.3, 0.4) is 0 Å². The lowest BCUT2D eigenvalue weighted by molar-refractivity contribution is -0.125. The normalized spacial score (nSPS) is 13.1. The van der Waals surface area contributed by atoms with Gasteiger partial charge in [-0.15, -0.1) is 11.3 Å². The van der Waals surface area contributed by atoms with Crippen molar-refractivity contribution in [3.05, 3.63) is 45.1 Å². The van der Waals surface area contributed by atoms with Crippen molar-refractivity contribution >= 4 is 34.9 Å². The summed E-state index contributed by atoms with van der Waals surface area (Å²) in [6.45, 7) is 1.51. The number of benzene rings is 1. The van der Waals surface area contributed by atoms with Gasteiger partial charge in [0.15, 0.2) is 11.5 Å². The minimum atomic E-state index is -0.0987. The number of nitrogens with zero attached hydrogens (tertiary/aromatic N) is 1. The number of thiophene rings is 1. The average molecular weight is 380 g/mol. The van der Waals surface area contributed by atoms with E-state index in [0.29, 0.717) is 37.0 Å². The zero-order valence-electron chi connectivity index (χ0n) is 14.0. The fourth-order valence-corrected chi connectivity index (χ4v) is 3.57. The molecule has 132 valence electrons. The lowest BCUT2D eigenvalue weighted by Crippen LogP contribution is -2.23. The van der Waals surface area contributed by atoms with E-state index in [2.05, 4.69) is 0 Å². The summed E-state index contributed by atoms with van der Waals surface area (Å²) in [6, 6.07) is 7.40. The summed E-state index contributed by atoms with van der Waals surface area (Å²) < 4.78 is 17.2. The van der Waals surface area contributed by atoms with E-state index in [-0.39, 0.29) is 5.91 Å². The molecule has 0 aliphatic carbocycles. The van der Waals surface area contributed by atoms with E-state index in [4.69, 9.17) is 25.8 Å². The molecule has 0 unspecified atom stereocenters. The van der Waals surface area contributed by atoms with Gasteiger partial charge in [0.1, 0.15) is 13.2 Å². The number of halogens is 1. The summed E-state index contributed by atoms with van der Waals surface area (Å²) in [5, 5.41) is 0. The molecule has 1 aromatic heterocycles. The standard InChI is InChI=1S/C18H18ClNO4S/c1-20(11-13-4-5-16(19)25-13)17(21)6-3-12-9-14(22-2)18-15(10-12)23-7-8-24-18/h3-6,9-10H,7-8,11H2,1-2H3/b6-3+. The maximum absolute atomic E-state index is 12.3. The largest absolute Gasteiger partial charge is 0.493 e. The molecule has 2 aromatic rings. The molecular weight excluding hydrogens is 362 g/mol. The van der Waals surface area contributed by atoms with E-state index in [0.717, 1.165) is 14.8 Å². The fourth-order valence-electron chi connectivity index (χ4n) is 2.43. The van der Waals surface area contributed by atoms with Crippen molar-refractivity contribution in [3.8, 4) is 17.2 Å². The number of likely N-dealkylation sites (N-methyl/N-ethyl adjacent to an activating group) is 1. The highest BCUT2D eigenvalue weighted by Gasteiger charge is 2.18. The number of amides is 1. The molecular formula is C18H18ClNO4S. The molecule has 0 N–H and O–H groups in total. The number of fused-ring (bicyclic) bond motifs is 1. The van der Waals surface area contributed by atoms with Crippen LogP contribution in [0.4, 0.5) is 0 Å². The Kier molecular flexibility index (Phi) is 5.50. The molecule has 5 nitrogen and oxygen atoms in total. The first kappa shape index (κ1) is 17.6. The highest BCUT2D eigenvalue weighted by atomic mass is 35.5. The van der Waals surface area contributed by atoms with Gasteiger partial charge in [-0.1, -0.05) is 11.6 Å². The predicted octanol–water partition coefficient (Wildman–Crippen LogP) is 3.85. The second kappa shape index (κ2) is 7.80. The molecule has 0 spiro atoms. The maximum Gasteiger partial charge on any atom is 0.246 e. The Morgan fingerprint density at radius 3 is 2.88 bits per heavy atom. The van der Waals surface area contributed by atoms with Crippen molar-refractivity contribution in [2.45, 2.75) is 6.54 Å². The van der Waals surface area contributed by atoms with Crippen LogP contribution in [0.15, 0.2) is 30.3 Å². The monoisotopic (exact) mass is 379 g/mol. The second-order valence-corrected chi connectivity index (χ2v) is 7.28. The first-order chi connectivity index (χ1) is 12.1. The molecule has 0 atom stereocenters. The smallest absolute Gasteiger partial charge is 0.246 e. The van der Waals surface area contributed by atoms with Crippen molar-refractivity contribution in [3.63, 3.8) is 0 Å². The van der Waals surface area contributed by atoms with Crippen LogP contribution >= 0.6 is 22.9 Å². The SMILES string of the molecule is COc1cc(/C=C/C(=O)N(C)Cc2ccc(Cl)s2)cc2c1OCCO2. The topological polar surface area (TPSA) is 48.0 Å². The van der Waals surface area contributed by atoms with Gasteiger partial charge in [-0.3, -0.25) is 4.79 Å². The van der Waals surface area contributed by atoms with Gasteiger partial charge in [-0.25, -0.2) is 0 Å². The quantitative estimate of drug-likeness (QED) is 0.740. The summed E-state index contributed by atoms with van der Waals surface area (Å²) in [7, 11) is 3.33. The Morgan fingerprint density at radius 2 is 2.16 bits per heavy atom. The van der Waals surface area contributed by atoms with Gasteiger partial charge in [-0.2, -0.15) is 0 Å². The summed E-state index contributed by atoms with van der Waals surface area (Å²) in [5.74, 6) is 1.72. The molecule has 1 aromatic carbocycles. The highest BCUT2D eigenvalue weighted by Crippen LogP contribution is 2.40. The van der Waals surface area contributed by atoms with Gasteiger partial charge in [-0.05, 0) is 35.9 Å². The van der Waals surface area contributed by atoms with Crippen LogP contribution in [-0.4, -0.2) is 38.2 Å². The van der Waals surface area contributed by atoms with Crippen LogP contribution in [0.25, 0.3) is 6.08 Å². The lowest BCUT2D eigenvalue weighted by Gasteiger charge is -2.21. The minimum Gasteiger partial charge on any atom is -0.493 e. The molecule has 0 bridgehead atoms. The first-order valence-electron chi connectivity index (χ1n) is 7.72. The van der Waals surface area contributed by atoms with E-state index >= 15 is 0 Å². The van der Waals surface area contributed by atoms with Gasteiger partial charge in [0.2, 0.25) is 11.7 Å². The number of ether oxygens (including phenoxy) is 3. The summed E-state index contributed by atoms with van der Waals surface area (Å²) in [6.07, 6.45) is 3.26. The van der Waals surface area contributed by atoms with Crippen molar-refractivity contribution in [1.29, 1.82) is 0 Å². The van der Waals surface area contributed by atoms with Gasteiger partial charge in [0, 0.05) is 18.0 Å². The number of carbonyl (C=O) groups excluding carboxylic acids is 1. The van der Waals surface area contributed by atoms with Gasteiger partial charge in [0.05, 0.1) is 18.0 Å². The van der Waals surface area contributed by atoms with E-state index in [9.17, 15) is 4.79 Å². The Morgan fingerprint density at radius 1 is 1.36 bits per heavy atom. The molecule has 2 heterocycles. The first-order valence-corrected chi connectivity index (χ1v) is 8.91. The predicted molar refractivity (Wildman–Crippen MR) is 98.8 cm³/mol. The maximum atomic E-state index is 12.3. The number of hydrogen-bond acceptors (Lipinski definition) is 5. The zero-order chi connectivity index (χ0) is 17.8. The Labute approximate surface area is 155 Å². The molecule has 1 aliphatic rings. The molecule has 7 heteroatoms. The van der Waals surface area contributed by atoms with Crippen molar-refractivity contribution in [1.82, 2.24) is 4.90 Å². The van der Waals surface area contributed by atoms with Crippen LogP contribution in [0.5, 0.6) is 17.2 Å². The number of carbonyl (C=O) groups is 1.